The summed E-state index contributed by atoms with van der Waals surface area (Å²) >= 11 is 0. The molecule has 4 heteroatoms. The maximum absolute atomic E-state index is 12.1. The molecule has 0 spiro atoms. The van der Waals surface area contributed by atoms with Crippen molar-refractivity contribution >= 4 is 5.91 Å². The lowest BCUT2D eigenvalue weighted by Crippen LogP contribution is -2.50. The number of benzene rings is 1. The van der Waals surface area contributed by atoms with Crippen LogP contribution in [0.15, 0.2) is 24.3 Å². The molecular weight excluding hydrogens is 230 g/mol. The smallest absolute Gasteiger partial charge is 0.251 e. The molecule has 0 aromatic heterocycles. The monoisotopic (exact) mass is 249 g/mol. The minimum atomic E-state index is -0.514. The van der Waals surface area contributed by atoms with Gasteiger partial charge in [-0.3, -0.25) is 4.79 Å². The molecule has 1 fully saturated rings. The van der Waals surface area contributed by atoms with Crippen LogP contribution in [-0.4, -0.2) is 30.3 Å². The first-order chi connectivity index (χ1) is 8.59. The highest BCUT2D eigenvalue weighted by atomic mass is 16.5. The van der Waals surface area contributed by atoms with Crippen molar-refractivity contribution in [3.63, 3.8) is 0 Å². The Labute approximate surface area is 107 Å². The minimum Gasteiger partial charge on any atom is -0.497 e. The average Bonchev–Trinajstić information content (AvgIpc) is 3.23. The Balaban J connectivity index is 2.10. The number of aliphatic hydroxyl groups is 1. The van der Waals surface area contributed by atoms with E-state index in [0.29, 0.717) is 17.2 Å². The molecule has 1 aromatic rings. The van der Waals surface area contributed by atoms with E-state index in [9.17, 15) is 9.90 Å². The van der Waals surface area contributed by atoms with Crippen molar-refractivity contribution in [3.8, 4) is 5.75 Å². The second kappa shape index (κ2) is 4.98. The van der Waals surface area contributed by atoms with Crippen LogP contribution in [0, 0.1) is 5.92 Å². The third-order valence-electron chi connectivity index (χ3n) is 3.54. The highest BCUT2D eigenvalue weighted by Crippen LogP contribution is 2.39. The van der Waals surface area contributed by atoms with Gasteiger partial charge in [0.05, 0.1) is 19.3 Å². The molecule has 1 aromatic carbocycles. The summed E-state index contributed by atoms with van der Waals surface area (Å²) in [5.74, 6) is 0.870. The lowest BCUT2D eigenvalue weighted by atomic mass is 9.96. The Bertz CT molecular complexity index is 442. The fourth-order valence-electron chi connectivity index (χ4n) is 2.09. The first-order valence-corrected chi connectivity index (χ1v) is 6.16. The number of amides is 1. The maximum atomic E-state index is 12.1. The van der Waals surface area contributed by atoms with E-state index in [1.807, 2.05) is 6.92 Å². The minimum absolute atomic E-state index is 0.0344. The number of hydrogen-bond donors (Lipinski definition) is 2. The normalized spacial score (nSPS) is 17.9. The quantitative estimate of drug-likeness (QED) is 0.833. The Morgan fingerprint density at radius 2 is 2.28 bits per heavy atom. The van der Waals surface area contributed by atoms with Crippen LogP contribution in [0.5, 0.6) is 5.75 Å². The highest BCUT2D eigenvalue weighted by molar-refractivity contribution is 5.95. The van der Waals surface area contributed by atoms with E-state index < -0.39 is 5.54 Å². The molecule has 1 aliphatic rings. The molecule has 1 saturated carbocycles. The Kier molecular flexibility index (Phi) is 3.57. The summed E-state index contributed by atoms with van der Waals surface area (Å²) in [5.41, 5.74) is 0.0369. The number of hydrogen-bond acceptors (Lipinski definition) is 3. The van der Waals surface area contributed by atoms with Gasteiger partial charge < -0.3 is 15.2 Å². The Hall–Kier alpha value is -1.55. The van der Waals surface area contributed by atoms with Gasteiger partial charge in [-0.1, -0.05) is 6.07 Å². The van der Waals surface area contributed by atoms with Crippen molar-refractivity contribution < 1.29 is 14.6 Å². The molecule has 98 valence electrons. The highest BCUT2D eigenvalue weighted by Gasteiger charge is 2.42. The predicted molar refractivity (Wildman–Crippen MR) is 68.7 cm³/mol. The summed E-state index contributed by atoms with van der Waals surface area (Å²) in [6, 6.07) is 7.01. The number of nitrogens with one attached hydrogen (secondary N) is 1. The standard InChI is InChI=1S/C14H19NO3/c1-14(9-16,11-6-7-11)15-13(17)10-4-3-5-12(8-10)18-2/h3-5,8,11,16H,6-7,9H2,1-2H3,(H,15,17). The van der Waals surface area contributed by atoms with Crippen molar-refractivity contribution in [2.75, 3.05) is 13.7 Å². The van der Waals surface area contributed by atoms with Crippen molar-refractivity contribution in [1.29, 1.82) is 0 Å². The van der Waals surface area contributed by atoms with E-state index in [2.05, 4.69) is 5.32 Å². The first-order valence-electron chi connectivity index (χ1n) is 6.16. The molecule has 4 nitrogen and oxygen atoms in total. The van der Waals surface area contributed by atoms with Gasteiger partial charge in [-0.2, -0.15) is 0 Å². The SMILES string of the molecule is COc1cccc(C(=O)NC(C)(CO)C2CC2)c1. The van der Waals surface area contributed by atoms with Crippen molar-refractivity contribution in [2.24, 2.45) is 5.92 Å². The number of aliphatic hydroxyl groups excluding tert-OH is 1. The van der Waals surface area contributed by atoms with Gasteiger partial charge in [-0.15, -0.1) is 0 Å². The van der Waals surface area contributed by atoms with Gasteiger partial charge in [-0.05, 0) is 43.9 Å². The number of carbonyl (C=O) groups excluding carboxylic acids is 1. The van der Waals surface area contributed by atoms with E-state index >= 15 is 0 Å². The Morgan fingerprint density at radius 3 is 2.83 bits per heavy atom. The van der Waals surface area contributed by atoms with Crippen LogP contribution in [-0.2, 0) is 0 Å². The zero-order valence-corrected chi connectivity index (χ0v) is 10.8. The molecule has 1 atom stereocenters. The molecule has 1 unspecified atom stereocenters. The van der Waals surface area contributed by atoms with E-state index in [1.54, 1.807) is 31.4 Å². The molecule has 1 amide bonds. The molecule has 0 radical (unpaired) electrons. The summed E-state index contributed by atoms with van der Waals surface area (Å²) < 4.78 is 5.09. The van der Waals surface area contributed by atoms with E-state index in [0.717, 1.165) is 12.8 Å². The fourth-order valence-corrected chi connectivity index (χ4v) is 2.09. The molecule has 1 aliphatic carbocycles. The van der Waals surface area contributed by atoms with Crippen LogP contribution in [0.4, 0.5) is 0 Å². The summed E-state index contributed by atoms with van der Waals surface area (Å²) in [7, 11) is 1.57. The Morgan fingerprint density at radius 1 is 1.56 bits per heavy atom. The zero-order valence-electron chi connectivity index (χ0n) is 10.8. The molecule has 18 heavy (non-hydrogen) atoms. The van der Waals surface area contributed by atoms with Crippen LogP contribution in [0.2, 0.25) is 0 Å². The van der Waals surface area contributed by atoms with Gasteiger partial charge in [0.1, 0.15) is 5.75 Å². The molecular formula is C14H19NO3. The summed E-state index contributed by atoms with van der Waals surface area (Å²) in [6.07, 6.45) is 2.13. The first kappa shape index (κ1) is 12.9. The maximum Gasteiger partial charge on any atom is 0.251 e. The fraction of sp³-hybridized carbons (Fsp3) is 0.500. The molecule has 0 saturated heterocycles. The van der Waals surface area contributed by atoms with E-state index in [-0.39, 0.29) is 12.5 Å². The summed E-state index contributed by atoms with van der Waals surface area (Å²) in [6.45, 7) is 1.86. The van der Waals surface area contributed by atoms with Crippen LogP contribution in [0.1, 0.15) is 30.1 Å². The topological polar surface area (TPSA) is 58.6 Å². The lowest BCUT2D eigenvalue weighted by molar-refractivity contribution is 0.0824. The van der Waals surface area contributed by atoms with Gasteiger partial charge >= 0.3 is 0 Å². The largest absolute Gasteiger partial charge is 0.497 e. The second-order valence-electron chi connectivity index (χ2n) is 5.04. The van der Waals surface area contributed by atoms with Gasteiger partial charge in [0.2, 0.25) is 0 Å². The van der Waals surface area contributed by atoms with Crippen LogP contribution >= 0.6 is 0 Å². The summed E-state index contributed by atoms with van der Waals surface area (Å²) in [5, 5.41) is 12.4. The lowest BCUT2D eigenvalue weighted by Gasteiger charge is -2.28. The van der Waals surface area contributed by atoms with Crippen LogP contribution in [0.25, 0.3) is 0 Å². The third-order valence-corrected chi connectivity index (χ3v) is 3.54. The van der Waals surface area contributed by atoms with Gasteiger partial charge in [0.15, 0.2) is 0 Å². The third kappa shape index (κ3) is 2.64. The average molecular weight is 249 g/mol. The number of ether oxygens (including phenoxy) is 1. The van der Waals surface area contributed by atoms with Gasteiger partial charge in [0.25, 0.3) is 5.91 Å². The molecule has 2 N–H and O–H groups in total. The van der Waals surface area contributed by atoms with E-state index in [1.165, 1.54) is 0 Å². The van der Waals surface area contributed by atoms with Gasteiger partial charge in [-0.25, -0.2) is 0 Å². The molecule has 0 aliphatic heterocycles. The van der Waals surface area contributed by atoms with Crippen molar-refractivity contribution in [1.82, 2.24) is 5.32 Å². The van der Waals surface area contributed by atoms with Crippen LogP contribution < -0.4 is 10.1 Å². The molecule has 0 bridgehead atoms. The predicted octanol–water partition coefficient (Wildman–Crippen LogP) is 1.59. The van der Waals surface area contributed by atoms with Crippen molar-refractivity contribution in [2.45, 2.75) is 25.3 Å². The van der Waals surface area contributed by atoms with Crippen LogP contribution in [0.3, 0.4) is 0 Å². The van der Waals surface area contributed by atoms with E-state index in [4.69, 9.17) is 4.74 Å². The van der Waals surface area contributed by atoms with Crippen molar-refractivity contribution in [3.05, 3.63) is 29.8 Å². The van der Waals surface area contributed by atoms with Gasteiger partial charge in [0, 0.05) is 5.56 Å². The number of methoxy groups -OCH3 is 1. The summed E-state index contributed by atoms with van der Waals surface area (Å²) in [4.78, 5) is 12.1. The number of rotatable bonds is 5. The molecule has 0 heterocycles. The number of carbonyl (C=O) groups is 1. The second-order valence-corrected chi connectivity index (χ2v) is 5.04. The zero-order chi connectivity index (χ0) is 13.2. The molecule has 2 rings (SSSR count).